The van der Waals surface area contributed by atoms with Crippen molar-refractivity contribution in [2.75, 3.05) is 25.1 Å². The van der Waals surface area contributed by atoms with E-state index in [4.69, 9.17) is 28.9 Å². The van der Waals surface area contributed by atoms with Gasteiger partial charge in [0.1, 0.15) is 0 Å². The monoisotopic (exact) mass is 323 g/mol. The fourth-order valence-corrected chi connectivity index (χ4v) is 2.38. The van der Waals surface area contributed by atoms with Crippen LogP contribution in [0.2, 0.25) is 10.0 Å². The van der Waals surface area contributed by atoms with Gasteiger partial charge in [-0.3, -0.25) is 4.79 Å². The van der Waals surface area contributed by atoms with Crippen LogP contribution in [0.25, 0.3) is 0 Å². The molecule has 2 aromatic rings. The maximum absolute atomic E-state index is 11.9. The zero-order valence-corrected chi connectivity index (χ0v) is 13.2. The highest BCUT2D eigenvalue weighted by Crippen LogP contribution is 2.28. The predicted octanol–water partition coefficient (Wildman–Crippen LogP) is 4.02. The Kier molecular flexibility index (Phi) is 4.60. The first-order chi connectivity index (χ1) is 9.86. The summed E-state index contributed by atoms with van der Waals surface area (Å²) in [4.78, 5) is 13.4. The number of benzene rings is 2. The number of hydrogen-bond donors (Lipinski definition) is 2. The first-order valence-corrected chi connectivity index (χ1v) is 6.96. The predicted molar refractivity (Wildman–Crippen MR) is 88.6 cm³/mol. The van der Waals surface area contributed by atoms with Crippen LogP contribution in [0.4, 0.5) is 17.1 Å². The normalized spacial score (nSPS) is 10.3. The third kappa shape index (κ3) is 3.80. The molecule has 0 aromatic heterocycles. The third-order valence-electron chi connectivity index (χ3n) is 2.85. The lowest BCUT2D eigenvalue weighted by Crippen LogP contribution is -2.21. The van der Waals surface area contributed by atoms with E-state index in [9.17, 15) is 4.79 Å². The zero-order chi connectivity index (χ0) is 15.6. The van der Waals surface area contributed by atoms with Gasteiger partial charge in [0.2, 0.25) is 0 Å². The zero-order valence-electron chi connectivity index (χ0n) is 11.7. The Balaban J connectivity index is 2.27. The number of carbonyl (C=O) groups is 1. The SMILES string of the molecule is CN(C)C(=O)c1ccc(Nc2cc(Cl)cc(Cl)c2)c(N)c1. The molecule has 0 bridgehead atoms. The molecule has 0 radical (unpaired) electrons. The lowest BCUT2D eigenvalue weighted by atomic mass is 10.1. The molecule has 0 saturated heterocycles. The van der Waals surface area contributed by atoms with Crippen molar-refractivity contribution in [1.29, 1.82) is 0 Å². The van der Waals surface area contributed by atoms with E-state index >= 15 is 0 Å². The average Bonchev–Trinajstić information content (AvgIpc) is 2.39. The first-order valence-electron chi connectivity index (χ1n) is 6.21. The summed E-state index contributed by atoms with van der Waals surface area (Å²) in [5, 5.41) is 4.19. The van der Waals surface area contributed by atoms with Crippen molar-refractivity contribution in [3.05, 3.63) is 52.0 Å². The summed E-state index contributed by atoms with van der Waals surface area (Å²) in [5.74, 6) is -0.0981. The van der Waals surface area contributed by atoms with E-state index in [1.807, 2.05) is 0 Å². The molecule has 0 aliphatic carbocycles. The van der Waals surface area contributed by atoms with Crippen LogP contribution in [-0.2, 0) is 0 Å². The van der Waals surface area contributed by atoms with Gasteiger partial charge in [0, 0.05) is 35.4 Å². The minimum atomic E-state index is -0.0981. The molecule has 4 nitrogen and oxygen atoms in total. The number of amides is 1. The molecule has 0 aliphatic rings. The molecule has 0 saturated carbocycles. The van der Waals surface area contributed by atoms with E-state index in [0.717, 1.165) is 5.69 Å². The van der Waals surface area contributed by atoms with Crippen LogP contribution in [0.1, 0.15) is 10.4 Å². The number of anilines is 3. The Morgan fingerprint density at radius 2 is 1.71 bits per heavy atom. The van der Waals surface area contributed by atoms with Gasteiger partial charge < -0.3 is 16.0 Å². The van der Waals surface area contributed by atoms with Gasteiger partial charge in [-0.1, -0.05) is 23.2 Å². The van der Waals surface area contributed by atoms with Gasteiger partial charge in [0.25, 0.3) is 5.91 Å². The Bertz CT molecular complexity index is 666. The van der Waals surface area contributed by atoms with Crippen LogP contribution in [-0.4, -0.2) is 24.9 Å². The fourth-order valence-electron chi connectivity index (χ4n) is 1.85. The van der Waals surface area contributed by atoms with Crippen molar-refractivity contribution in [3.8, 4) is 0 Å². The third-order valence-corrected chi connectivity index (χ3v) is 3.28. The number of nitrogens with two attached hydrogens (primary N) is 1. The molecular formula is C15H15Cl2N3O. The number of carbonyl (C=O) groups excluding carboxylic acids is 1. The summed E-state index contributed by atoms with van der Waals surface area (Å²) in [6.45, 7) is 0. The Labute approximate surface area is 133 Å². The molecule has 0 atom stereocenters. The number of nitrogen functional groups attached to an aromatic ring is 1. The van der Waals surface area contributed by atoms with Gasteiger partial charge in [-0.2, -0.15) is 0 Å². The highest BCUT2D eigenvalue weighted by Gasteiger charge is 2.10. The minimum Gasteiger partial charge on any atom is -0.397 e. The average molecular weight is 324 g/mol. The summed E-state index contributed by atoms with van der Waals surface area (Å²) in [7, 11) is 3.39. The summed E-state index contributed by atoms with van der Waals surface area (Å²) in [5.41, 5.74) is 8.40. The number of nitrogens with one attached hydrogen (secondary N) is 1. The fraction of sp³-hybridized carbons (Fsp3) is 0.133. The van der Waals surface area contributed by atoms with Crippen LogP contribution in [0, 0.1) is 0 Å². The minimum absolute atomic E-state index is 0.0981. The van der Waals surface area contributed by atoms with Gasteiger partial charge in [0.15, 0.2) is 0 Å². The summed E-state index contributed by atoms with van der Waals surface area (Å²) < 4.78 is 0. The van der Waals surface area contributed by atoms with Crippen molar-refractivity contribution in [3.63, 3.8) is 0 Å². The lowest BCUT2D eigenvalue weighted by Gasteiger charge is -2.14. The highest BCUT2D eigenvalue weighted by atomic mass is 35.5. The molecule has 110 valence electrons. The van der Waals surface area contributed by atoms with E-state index in [0.29, 0.717) is 27.0 Å². The molecule has 2 aromatic carbocycles. The van der Waals surface area contributed by atoms with Crippen molar-refractivity contribution < 1.29 is 4.79 Å². The molecule has 0 fully saturated rings. The maximum Gasteiger partial charge on any atom is 0.253 e. The molecule has 1 amide bonds. The number of rotatable bonds is 3. The van der Waals surface area contributed by atoms with Crippen LogP contribution in [0.15, 0.2) is 36.4 Å². The molecule has 0 heterocycles. The maximum atomic E-state index is 11.9. The molecule has 0 spiro atoms. The first kappa shape index (κ1) is 15.5. The standard InChI is InChI=1S/C15H15Cl2N3O/c1-20(2)15(21)9-3-4-14(13(18)5-9)19-12-7-10(16)6-11(17)8-12/h3-8,19H,18H2,1-2H3. The van der Waals surface area contributed by atoms with E-state index in [1.165, 1.54) is 4.90 Å². The second kappa shape index (κ2) is 6.24. The van der Waals surface area contributed by atoms with E-state index < -0.39 is 0 Å². The Morgan fingerprint density at radius 1 is 1.10 bits per heavy atom. The molecule has 2 rings (SSSR count). The van der Waals surface area contributed by atoms with Crippen LogP contribution in [0.5, 0.6) is 0 Å². The van der Waals surface area contributed by atoms with Crippen LogP contribution >= 0.6 is 23.2 Å². The van der Waals surface area contributed by atoms with Gasteiger partial charge in [-0.25, -0.2) is 0 Å². The summed E-state index contributed by atoms with van der Waals surface area (Å²) in [6.07, 6.45) is 0. The van der Waals surface area contributed by atoms with E-state index in [1.54, 1.807) is 50.5 Å². The van der Waals surface area contributed by atoms with Gasteiger partial charge in [0.05, 0.1) is 11.4 Å². The smallest absolute Gasteiger partial charge is 0.253 e. The van der Waals surface area contributed by atoms with Crippen LogP contribution < -0.4 is 11.1 Å². The molecule has 6 heteroatoms. The lowest BCUT2D eigenvalue weighted by molar-refractivity contribution is 0.0827. The molecule has 0 unspecified atom stereocenters. The molecular weight excluding hydrogens is 309 g/mol. The second-order valence-electron chi connectivity index (χ2n) is 4.78. The summed E-state index contributed by atoms with van der Waals surface area (Å²) >= 11 is 11.9. The quantitative estimate of drug-likeness (QED) is 0.838. The second-order valence-corrected chi connectivity index (χ2v) is 5.66. The van der Waals surface area contributed by atoms with Gasteiger partial charge in [-0.15, -0.1) is 0 Å². The number of halogens is 2. The highest BCUT2D eigenvalue weighted by molar-refractivity contribution is 6.35. The largest absolute Gasteiger partial charge is 0.397 e. The Hall–Kier alpha value is -1.91. The molecule has 3 N–H and O–H groups in total. The van der Waals surface area contributed by atoms with Crippen molar-refractivity contribution >= 4 is 46.2 Å². The van der Waals surface area contributed by atoms with E-state index in [-0.39, 0.29) is 5.91 Å². The number of nitrogens with zero attached hydrogens (tertiary/aromatic N) is 1. The van der Waals surface area contributed by atoms with Gasteiger partial charge >= 0.3 is 0 Å². The van der Waals surface area contributed by atoms with Crippen molar-refractivity contribution in [1.82, 2.24) is 4.90 Å². The van der Waals surface area contributed by atoms with Gasteiger partial charge in [-0.05, 0) is 36.4 Å². The van der Waals surface area contributed by atoms with Crippen LogP contribution in [0.3, 0.4) is 0 Å². The van der Waals surface area contributed by atoms with Crippen molar-refractivity contribution in [2.45, 2.75) is 0 Å². The molecule has 0 aliphatic heterocycles. The summed E-state index contributed by atoms with van der Waals surface area (Å²) in [6, 6.07) is 10.2. The van der Waals surface area contributed by atoms with E-state index in [2.05, 4.69) is 5.32 Å². The molecule has 21 heavy (non-hydrogen) atoms. The number of hydrogen-bond acceptors (Lipinski definition) is 3. The van der Waals surface area contributed by atoms with Crippen molar-refractivity contribution in [2.24, 2.45) is 0 Å². The Morgan fingerprint density at radius 3 is 2.24 bits per heavy atom. The topological polar surface area (TPSA) is 58.4 Å².